The highest BCUT2D eigenvalue weighted by Crippen LogP contribution is 2.38. The van der Waals surface area contributed by atoms with Gasteiger partial charge in [0, 0.05) is 6.42 Å². The van der Waals surface area contributed by atoms with Gasteiger partial charge in [0.1, 0.15) is 13.2 Å². The molecule has 0 aromatic carbocycles. The lowest BCUT2D eigenvalue weighted by atomic mass is 10.0. The monoisotopic (exact) mass is 955 g/mol. The number of nitrogens with zero attached hydrogens (tertiary/aromatic N) is 1. The highest BCUT2D eigenvalue weighted by Gasteiger charge is 2.24. The Bertz CT molecular complexity index is 1080. The number of carbonyl (C=O) groups excluding carboxylic acids is 1. The summed E-state index contributed by atoms with van der Waals surface area (Å²) in [6, 6.07) is -0.800. The quantitative estimate of drug-likeness (QED) is 0.0272. The van der Waals surface area contributed by atoms with E-state index in [1.54, 1.807) is 0 Å². The molecule has 0 aliphatic rings. The molecule has 3 atom stereocenters. The Morgan fingerprint density at radius 3 is 1.18 bits per heavy atom. The van der Waals surface area contributed by atoms with E-state index in [0.29, 0.717) is 23.9 Å². The number of carbonyl (C=O) groups is 1. The second-order valence-corrected chi connectivity index (χ2v) is 22.8. The van der Waals surface area contributed by atoms with Crippen LogP contribution in [0.5, 0.6) is 0 Å². The molecule has 3 unspecified atom stereocenters. The maximum Gasteiger partial charge on any atom is 0.268 e. The number of amides is 1. The Kier molecular flexibility index (Phi) is 48.7. The van der Waals surface area contributed by atoms with E-state index in [1.807, 2.05) is 21.1 Å². The fourth-order valence-corrected chi connectivity index (χ4v) is 9.64. The second kappa shape index (κ2) is 49.2. The SMILES string of the molecule is CCCCCCCCCCC/C=C\CCCCCCCCCC(=O)NC(COP(=O)([O-])OCC[N+](C)(C)C)C(O)CCCCCCCCCCCCCCCCCCCCCCCCCC. The van der Waals surface area contributed by atoms with Crippen LogP contribution in [0.2, 0.25) is 0 Å². The van der Waals surface area contributed by atoms with Crippen molar-refractivity contribution >= 4 is 13.7 Å². The predicted molar refractivity (Wildman–Crippen MR) is 284 cm³/mol. The molecule has 66 heavy (non-hydrogen) atoms. The van der Waals surface area contributed by atoms with Crippen LogP contribution in [-0.4, -0.2) is 68.5 Å². The highest BCUT2D eigenvalue weighted by molar-refractivity contribution is 7.45. The smallest absolute Gasteiger partial charge is 0.268 e. The zero-order chi connectivity index (χ0) is 48.5. The van der Waals surface area contributed by atoms with Gasteiger partial charge in [-0.25, -0.2) is 0 Å². The van der Waals surface area contributed by atoms with Crippen molar-refractivity contribution in [3.8, 4) is 0 Å². The molecule has 0 bridgehead atoms. The van der Waals surface area contributed by atoms with Crippen LogP contribution < -0.4 is 10.2 Å². The molecule has 0 aromatic rings. The Balaban J connectivity index is 4.15. The Labute approximate surface area is 412 Å². The molecule has 1 amide bonds. The molecule has 2 N–H and O–H groups in total. The molecule has 0 fully saturated rings. The van der Waals surface area contributed by atoms with Gasteiger partial charge in [-0.15, -0.1) is 0 Å². The van der Waals surface area contributed by atoms with Crippen molar-refractivity contribution in [1.82, 2.24) is 5.32 Å². The third kappa shape index (κ3) is 51.1. The zero-order valence-electron chi connectivity index (χ0n) is 44.9. The minimum atomic E-state index is -4.57. The lowest BCUT2D eigenvalue weighted by molar-refractivity contribution is -0.870. The molecule has 0 aliphatic carbocycles. The van der Waals surface area contributed by atoms with Gasteiger partial charge < -0.3 is 28.8 Å². The normalized spacial score (nSPS) is 14.0. The van der Waals surface area contributed by atoms with Crippen LogP contribution >= 0.6 is 7.82 Å². The van der Waals surface area contributed by atoms with E-state index in [9.17, 15) is 19.4 Å². The third-order valence-corrected chi connectivity index (χ3v) is 14.5. The summed E-state index contributed by atoms with van der Waals surface area (Å²) >= 11 is 0. The first kappa shape index (κ1) is 65.2. The summed E-state index contributed by atoms with van der Waals surface area (Å²) in [6.07, 6.45) is 59.5. The third-order valence-electron chi connectivity index (χ3n) is 13.5. The molecule has 9 heteroatoms. The van der Waals surface area contributed by atoms with Gasteiger partial charge >= 0.3 is 0 Å². The molecule has 0 saturated heterocycles. The molecule has 394 valence electrons. The van der Waals surface area contributed by atoms with Crippen molar-refractivity contribution in [2.45, 2.75) is 309 Å². The van der Waals surface area contributed by atoms with Crippen molar-refractivity contribution < 1.29 is 32.9 Å². The maximum absolute atomic E-state index is 13.0. The van der Waals surface area contributed by atoms with Gasteiger partial charge in [-0.1, -0.05) is 264 Å². The summed E-state index contributed by atoms with van der Waals surface area (Å²) in [4.78, 5) is 25.5. The first-order valence-electron chi connectivity index (χ1n) is 29.0. The van der Waals surface area contributed by atoms with Crippen LogP contribution in [0.1, 0.15) is 296 Å². The summed E-state index contributed by atoms with van der Waals surface area (Å²) in [5.41, 5.74) is 0. The number of allylic oxidation sites excluding steroid dienone is 2. The van der Waals surface area contributed by atoms with Gasteiger partial charge in [0.15, 0.2) is 0 Å². The molecule has 0 heterocycles. The average molecular weight is 956 g/mol. The lowest BCUT2D eigenvalue weighted by Crippen LogP contribution is -2.46. The number of unbranched alkanes of at least 4 members (excludes halogenated alkanes) is 39. The first-order valence-corrected chi connectivity index (χ1v) is 30.5. The molecule has 0 aromatic heterocycles. The number of aliphatic hydroxyl groups is 1. The van der Waals surface area contributed by atoms with Crippen LogP contribution in [0.25, 0.3) is 0 Å². The summed E-state index contributed by atoms with van der Waals surface area (Å²) in [6.45, 7) is 4.76. The molecule has 0 radical (unpaired) electrons. The van der Waals surface area contributed by atoms with E-state index in [-0.39, 0.29) is 19.1 Å². The molecule has 0 rings (SSSR count). The molecular weight excluding hydrogens is 840 g/mol. The van der Waals surface area contributed by atoms with Crippen molar-refractivity contribution in [1.29, 1.82) is 0 Å². The van der Waals surface area contributed by atoms with Crippen LogP contribution in [0.15, 0.2) is 12.2 Å². The van der Waals surface area contributed by atoms with E-state index in [4.69, 9.17) is 9.05 Å². The number of likely N-dealkylation sites (N-methyl/N-ethyl adjacent to an activating group) is 1. The number of phosphoric acid groups is 1. The van der Waals surface area contributed by atoms with Crippen molar-refractivity contribution in [2.24, 2.45) is 0 Å². The van der Waals surface area contributed by atoms with Crippen molar-refractivity contribution in [3.05, 3.63) is 12.2 Å². The van der Waals surface area contributed by atoms with E-state index < -0.39 is 20.0 Å². The summed E-state index contributed by atoms with van der Waals surface area (Å²) in [7, 11) is 1.32. The van der Waals surface area contributed by atoms with Gasteiger partial charge in [0.25, 0.3) is 7.82 Å². The molecule has 0 saturated carbocycles. The molecular formula is C57H115N2O6P. The highest BCUT2D eigenvalue weighted by atomic mass is 31.2. The van der Waals surface area contributed by atoms with Crippen LogP contribution in [0.3, 0.4) is 0 Å². The number of hydrogen-bond acceptors (Lipinski definition) is 6. The van der Waals surface area contributed by atoms with Gasteiger partial charge in [0.05, 0.1) is 39.9 Å². The average Bonchev–Trinajstić information content (AvgIpc) is 3.28. The van der Waals surface area contributed by atoms with Crippen LogP contribution in [-0.2, 0) is 18.4 Å². The van der Waals surface area contributed by atoms with Gasteiger partial charge in [0.2, 0.25) is 5.91 Å². The van der Waals surface area contributed by atoms with Crippen LogP contribution in [0.4, 0.5) is 0 Å². The van der Waals surface area contributed by atoms with Gasteiger partial charge in [-0.2, -0.15) is 0 Å². The summed E-state index contributed by atoms with van der Waals surface area (Å²) in [5.74, 6) is -0.164. The first-order chi connectivity index (χ1) is 32.0. The number of aliphatic hydroxyl groups excluding tert-OH is 1. The minimum Gasteiger partial charge on any atom is -0.756 e. The number of nitrogens with one attached hydrogen (secondary N) is 1. The molecule has 0 spiro atoms. The van der Waals surface area contributed by atoms with Crippen molar-refractivity contribution in [3.63, 3.8) is 0 Å². The van der Waals surface area contributed by atoms with E-state index in [2.05, 4.69) is 31.3 Å². The Morgan fingerprint density at radius 1 is 0.515 bits per heavy atom. The zero-order valence-corrected chi connectivity index (χ0v) is 45.8. The van der Waals surface area contributed by atoms with E-state index in [0.717, 1.165) is 38.5 Å². The topological polar surface area (TPSA) is 108 Å². The largest absolute Gasteiger partial charge is 0.756 e. The second-order valence-electron chi connectivity index (χ2n) is 21.4. The number of quaternary nitrogens is 1. The van der Waals surface area contributed by atoms with Gasteiger partial charge in [-0.3, -0.25) is 9.36 Å². The molecule has 0 aliphatic heterocycles. The molecule has 8 nitrogen and oxygen atoms in total. The van der Waals surface area contributed by atoms with Gasteiger partial charge in [-0.05, 0) is 38.5 Å². The Hall–Kier alpha value is -0.760. The van der Waals surface area contributed by atoms with Crippen molar-refractivity contribution in [2.75, 3.05) is 40.9 Å². The summed E-state index contributed by atoms with van der Waals surface area (Å²) < 4.78 is 23.4. The predicted octanol–water partition coefficient (Wildman–Crippen LogP) is 16.8. The van der Waals surface area contributed by atoms with E-state index >= 15 is 0 Å². The number of hydrogen-bond donors (Lipinski definition) is 2. The number of rotatable bonds is 54. The number of phosphoric ester groups is 1. The van der Waals surface area contributed by atoms with E-state index in [1.165, 1.54) is 231 Å². The standard InChI is InChI=1S/C57H115N2O6P/c1-6-8-10-12-14-16-18-20-22-24-26-28-29-30-31-32-34-36-38-40-42-44-46-48-50-56(60)55(54-65-66(62,63)64-53-52-59(3,4)5)58-57(61)51-49-47-45-43-41-39-37-35-33-27-25-23-21-19-17-15-13-11-9-7-2/h27,33,55-56,60H,6-26,28-32,34-54H2,1-5H3,(H-,58,61,62,63)/b33-27-. The summed E-state index contributed by atoms with van der Waals surface area (Å²) in [5, 5.41) is 14.0. The minimum absolute atomic E-state index is 0.0138. The Morgan fingerprint density at radius 2 is 0.833 bits per heavy atom. The van der Waals surface area contributed by atoms with Crippen LogP contribution in [0, 0.1) is 0 Å². The fraction of sp³-hybridized carbons (Fsp3) is 0.947. The lowest BCUT2D eigenvalue weighted by Gasteiger charge is -2.30. The maximum atomic E-state index is 13.0. The fourth-order valence-electron chi connectivity index (χ4n) is 8.92.